The van der Waals surface area contributed by atoms with E-state index >= 15 is 0 Å². The van der Waals surface area contributed by atoms with Gasteiger partial charge >= 0.3 is 0 Å². The third kappa shape index (κ3) is 5.36. The van der Waals surface area contributed by atoms with Crippen LogP contribution in [0.3, 0.4) is 0 Å². The van der Waals surface area contributed by atoms with Crippen LogP contribution < -0.4 is 4.90 Å². The number of benzene rings is 2. The van der Waals surface area contributed by atoms with Crippen LogP contribution in [0.5, 0.6) is 0 Å². The van der Waals surface area contributed by atoms with Gasteiger partial charge in [0.05, 0.1) is 6.04 Å². The number of nitrogens with zero attached hydrogens (tertiary/aromatic N) is 3. The van der Waals surface area contributed by atoms with Crippen LogP contribution in [-0.4, -0.2) is 62.3 Å². The summed E-state index contributed by atoms with van der Waals surface area (Å²) >= 11 is 0. The van der Waals surface area contributed by atoms with E-state index in [9.17, 15) is 13.2 Å². The fourth-order valence-corrected chi connectivity index (χ4v) is 4.79. The Hall–Kier alpha value is -2.48. The number of carbonyl (C=O) groups excluding carboxylic acids is 1. The molecule has 0 N–H and O–H groups in total. The zero-order chi connectivity index (χ0) is 21.6. The SMILES string of the molecule is CCN(C(=O)[C@H](C)N1CCN(S(=O)(=O)/C=C/c2ccccc2)CC1)c1ccccc1. The predicted molar refractivity (Wildman–Crippen MR) is 121 cm³/mol. The Morgan fingerprint density at radius 3 is 2.13 bits per heavy atom. The molecule has 0 bridgehead atoms. The fourth-order valence-electron chi connectivity index (χ4n) is 3.62. The van der Waals surface area contributed by atoms with E-state index in [0.717, 1.165) is 11.3 Å². The van der Waals surface area contributed by atoms with Crippen molar-refractivity contribution in [2.24, 2.45) is 0 Å². The Bertz CT molecular complexity index is 954. The summed E-state index contributed by atoms with van der Waals surface area (Å²) < 4.78 is 26.8. The standard InChI is InChI=1S/C23H29N3O3S/c1-3-26(22-12-8-5-9-13-22)23(27)20(2)24-15-17-25(18-16-24)30(28,29)19-14-21-10-6-4-7-11-21/h4-14,19-20H,3,15-18H2,1-2H3/b19-14+/t20-/m0/s1. The lowest BCUT2D eigenvalue weighted by molar-refractivity contribution is -0.123. The molecular weight excluding hydrogens is 398 g/mol. The van der Waals surface area contributed by atoms with Gasteiger partial charge in [-0.2, -0.15) is 4.31 Å². The van der Waals surface area contributed by atoms with Crippen molar-refractivity contribution in [3.8, 4) is 0 Å². The van der Waals surface area contributed by atoms with E-state index in [4.69, 9.17) is 0 Å². The maximum Gasteiger partial charge on any atom is 0.244 e. The van der Waals surface area contributed by atoms with Gasteiger partial charge in [0, 0.05) is 43.8 Å². The van der Waals surface area contributed by atoms with Gasteiger partial charge in [-0.1, -0.05) is 48.5 Å². The third-order valence-corrected chi connectivity index (χ3v) is 6.99. The summed E-state index contributed by atoms with van der Waals surface area (Å²) in [6.07, 6.45) is 1.62. The number of piperazine rings is 1. The lowest BCUT2D eigenvalue weighted by Crippen LogP contribution is -2.55. The van der Waals surface area contributed by atoms with Crippen molar-refractivity contribution in [1.29, 1.82) is 0 Å². The Morgan fingerprint density at radius 2 is 1.57 bits per heavy atom. The lowest BCUT2D eigenvalue weighted by atomic mass is 10.2. The Kier molecular flexibility index (Phi) is 7.42. The molecule has 6 nitrogen and oxygen atoms in total. The van der Waals surface area contributed by atoms with E-state index in [-0.39, 0.29) is 11.9 Å². The summed E-state index contributed by atoms with van der Waals surface area (Å²) in [6, 6.07) is 18.7. The Morgan fingerprint density at radius 1 is 1.00 bits per heavy atom. The third-order valence-electron chi connectivity index (χ3n) is 5.42. The van der Waals surface area contributed by atoms with Crippen LogP contribution >= 0.6 is 0 Å². The summed E-state index contributed by atoms with van der Waals surface area (Å²) in [6.45, 7) is 6.24. The van der Waals surface area contributed by atoms with E-state index in [1.54, 1.807) is 11.0 Å². The van der Waals surface area contributed by atoms with E-state index < -0.39 is 10.0 Å². The van der Waals surface area contributed by atoms with Crippen LogP contribution in [0.25, 0.3) is 6.08 Å². The normalized spacial score (nSPS) is 17.1. The molecule has 2 aromatic rings. The van der Waals surface area contributed by atoms with E-state index in [1.807, 2.05) is 74.5 Å². The van der Waals surface area contributed by atoms with Crippen LogP contribution in [0, 0.1) is 0 Å². The average molecular weight is 428 g/mol. The van der Waals surface area contributed by atoms with Crippen LogP contribution in [0.4, 0.5) is 5.69 Å². The molecule has 0 radical (unpaired) electrons. The Balaban J connectivity index is 1.60. The van der Waals surface area contributed by atoms with Gasteiger partial charge in [-0.25, -0.2) is 8.42 Å². The number of likely N-dealkylation sites (N-methyl/N-ethyl adjacent to an activating group) is 1. The van der Waals surface area contributed by atoms with E-state index in [2.05, 4.69) is 4.90 Å². The molecule has 0 aromatic heterocycles. The second kappa shape index (κ2) is 10.0. The first-order valence-corrected chi connectivity index (χ1v) is 11.8. The van der Waals surface area contributed by atoms with Gasteiger partial charge in [0.1, 0.15) is 0 Å². The summed E-state index contributed by atoms with van der Waals surface area (Å²) in [4.78, 5) is 16.9. The quantitative estimate of drug-likeness (QED) is 0.681. The van der Waals surface area contributed by atoms with Gasteiger partial charge in [0.2, 0.25) is 15.9 Å². The summed E-state index contributed by atoms with van der Waals surface area (Å²) in [5.41, 5.74) is 1.73. The highest BCUT2D eigenvalue weighted by molar-refractivity contribution is 7.92. The van der Waals surface area contributed by atoms with Crippen molar-refractivity contribution in [1.82, 2.24) is 9.21 Å². The zero-order valence-corrected chi connectivity index (χ0v) is 18.3. The molecule has 7 heteroatoms. The van der Waals surface area contributed by atoms with Crippen molar-refractivity contribution >= 4 is 27.7 Å². The maximum absolute atomic E-state index is 13.1. The average Bonchev–Trinajstić information content (AvgIpc) is 2.79. The first-order valence-electron chi connectivity index (χ1n) is 10.3. The second-order valence-corrected chi connectivity index (χ2v) is 9.11. The van der Waals surface area contributed by atoms with Crippen molar-refractivity contribution in [3.63, 3.8) is 0 Å². The highest BCUT2D eigenvalue weighted by atomic mass is 32.2. The van der Waals surface area contributed by atoms with Crippen molar-refractivity contribution < 1.29 is 13.2 Å². The number of para-hydroxylation sites is 1. The summed E-state index contributed by atoms with van der Waals surface area (Å²) in [5.74, 6) is 0.0315. The van der Waals surface area contributed by atoms with Crippen LogP contribution in [0.15, 0.2) is 66.1 Å². The van der Waals surface area contributed by atoms with Gasteiger partial charge in [0.25, 0.3) is 0 Å². The van der Waals surface area contributed by atoms with E-state index in [0.29, 0.717) is 32.7 Å². The van der Waals surface area contributed by atoms with Gasteiger partial charge in [-0.3, -0.25) is 9.69 Å². The summed E-state index contributed by atoms with van der Waals surface area (Å²) in [7, 11) is -3.48. The molecule has 1 atom stereocenters. The molecule has 1 saturated heterocycles. The minimum absolute atomic E-state index is 0.0315. The molecule has 1 heterocycles. The largest absolute Gasteiger partial charge is 0.311 e. The van der Waals surface area contributed by atoms with Crippen LogP contribution in [0.2, 0.25) is 0 Å². The number of amides is 1. The minimum Gasteiger partial charge on any atom is -0.311 e. The highest BCUT2D eigenvalue weighted by Gasteiger charge is 2.31. The molecule has 0 unspecified atom stereocenters. The minimum atomic E-state index is -3.48. The molecule has 0 saturated carbocycles. The molecule has 0 spiro atoms. The van der Waals surface area contributed by atoms with Gasteiger partial charge in [-0.15, -0.1) is 0 Å². The van der Waals surface area contributed by atoms with Crippen LogP contribution in [-0.2, 0) is 14.8 Å². The molecule has 1 aliphatic heterocycles. The number of hydrogen-bond acceptors (Lipinski definition) is 4. The lowest BCUT2D eigenvalue weighted by Gasteiger charge is -2.38. The van der Waals surface area contributed by atoms with Gasteiger partial charge < -0.3 is 4.90 Å². The van der Waals surface area contributed by atoms with Crippen molar-refractivity contribution in [2.45, 2.75) is 19.9 Å². The smallest absolute Gasteiger partial charge is 0.244 e. The zero-order valence-electron chi connectivity index (χ0n) is 17.5. The number of sulfonamides is 1. The molecule has 30 heavy (non-hydrogen) atoms. The van der Waals surface area contributed by atoms with Crippen LogP contribution in [0.1, 0.15) is 19.4 Å². The topological polar surface area (TPSA) is 60.9 Å². The maximum atomic E-state index is 13.1. The number of hydrogen-bond donors (Lipinski definition) is 0. The summed E-state index contributed by atoms with van der Waals surface area (Å²) in [5, 5.41) is 1.26. The fraction of sp³-hybridized carbons (Fsp3) is 0.348. The molecule has 1 amide bonds. The first kappa shape index (κ1) is 22.2. The Labute approximate surface area is 179 Å². The van der Waals surface area contributed by atoms with Crippen molar-refractivity contribution in [3.05, 3.63) is 71.6 Å². The monoisotopic (exact) mass is 427 g/mol. The molecule has 1 aliphatic rings. The molecular formula is C23H29N3O3S. The van der Waals surface area contributed by atoms with E-state index in [1.165, 1.54) is 9.71 Å². The van der Waals surface area contributed by atoms with Gasteiger partial charge in [-0.05, 0) is 37.6 Å². The molecule has 0 aliphatic carbocycles. The predicted octanol–water partition coefficient (Wildman–Crippen LogP) is 3.05. The number of carbonyl (C=O) groups is 1. The second-order valence-electron chi connectivity index (χ2n) is 7.29. The molecule has 1 fully saturated rings. The molecule has 3 rings (SSSR count). The highest BCUT2D eigenvalue weighted by Crippen LogP contribution is 2.18. The number of anilines is 1. The first-order chi connectivity index (χ1) is 14.4. The van der Waals surface area contributed by atoms with Crippen molar-refractivity contribution in [2.75, 3.05) is 37.6 Å². The van der Waals surface area contributed by atoms with Gasteiger partial charge in [0.15, 0.2) is 0 Å². The molecule has 2 aromatic carbocycles. The number of rotatable bonds is 7. The molecule has 160 valence electrons.